The maximum Gasteiger partial charge on any atom is 0.329 e. The van der Waals surface area contributed by atoms with Gasteiger partial charge in [-0.25, -0.2) is 9.59 Å². The zero-order valence-electron chi connectivity index (χ0n) is 6.30. The second-order valence-corrected chi connectivity index (χ2v) is 2.67. The number of hydrogen-bond donors (Lipinski definition) is 3. The molecule has 1 heterocycles. The van der Waals surface area contributed by atoms with Gasteiger partial charge in [0.25, 0.3) is 0 Å². The molecule has 0 bridgehead atoms. The second-order valence-electron chi connectivity index (χ2n) is 2.67. The summed E-state index contributed by atoms with van der Waals surface area (Å²) in [5, 5.41) is 17.7. The number of aliphatic hydroxyl groups excluding tert-OH is 1. The summed E-state index contributed by atoms with van der Waals surface area (Å²) in [6.45, 7) is 0.202. The van der Waals surface area contributed by atoms with Gasteiger partial charge in [0.1, 0.15) is 0 Å². The van der Waals surface area contributed by atoms with Crippen LogP contribution < -0.4 is 5.73 Å². The molecule has 1 aliphatic rings. The van der Waals surface area contributed by atoms with Gasteiger partial charge in [-0.1, -0.05) is 0 Å². The van der Waals surface area contributed by atoms with Crippen molar-refractivity contribution < 1.29 is 19.8 Å². The number of carboxylic acid groups (broad SMARTS) is 1. The minimum Gasteiger partial charge on any atom is -0.480 e. The predicted molar refractivity (Wildman–Crippen MR) is 38.3 cm³/mol. The van der Waals surface area contributed by atoms with Crippen molar-refractivity contribution in [2.24, 2.45) is 5.73 Å². The van der Waals surface area contributed by atoms with Gasteiger partial charge >= 0.3 is 12.0 Å². The van der Waals surface area contributed by atoms with E-state index in [-0.39, 0.29) is 13.0 Å². The molecule has 2 amide bonds. The first-order valence-corrected chi connectivity index (χ1v) is 3.51. The Morgan fingerprint density at radius 3 is 2.42 bits per heavy atom. The Kier molecular flexibility index (Phi) is 2.18. The molecule has 0 radical (unpaired) electrons. The lowest BCUT2D eigenvalue weighted by Crippen LogP contribution is -2.47. The van der Waals surface area contributed by atoms with Gasteiger partial charge in [0, 0.05) is 6.54 Å². The fraction of sp³-hybridized carbons (Fsp3) is 0.667. The van der Waals surface area contributed by atoms with Gasteiger partial charge in [-0.15, -0.1) is 0 Å². The third-order valence-corrected chi connectivity index (χ3v) is 1.90. The van der Waals surface area contributed by atoms with Crippen LogP contribution in [0.15, 0.2) is 0 Å². The first-order chi connectivity index (χ1) is 5.54. The third-order valence-electron chi connectivity index (χ3n) is 1.90. The summed E-state index contributed by atoms with van der Waals surface area (Å²) in [6.07, 6.45) is -0.741. The van der Waals surface area contributed by atoms with Gasteiger partial charge in [-0.05, 0) is 6.42 Å². The molecule has 0 aromatic carbocycles. The van der Waals surface area contributed by atoms with Gasteiger partial charge in [0.2, 0.25) is 0 Å². The highest BCUT2D eigenvalue weighted by atomic mass is 16.4. The monoisotopic (exact) mass is 174 g/mol. The Hall–Kier alpha value is -1.30. The molecular formula is C6H10N2O4. The Balaban J connectivity index is 2.77. The maximum absolute atomic E-state index is 10.6. The number of urea groups is 1. The van der Waals surface area contributed by atoms with Crippen LogP contribution in [0.5, 0.6) is 0 Å². The molecule has 1 saturated heterocycles. The number of rotatable bonds is 1. The van der Waals surface area contributed by atoms with Crippen molar-refractivity contribution >= 4 is 12.0 Å². The summed E-state index contributed by atoms with van der Waals surface area (Å²) in [5.41, 5.74) is 4.90. The van der Waals surface area contributed by atoms with Crippen molar-refractivity contribution in [3.63, 3.8) is 0 Å². The normalized spacial score (nSPS) is 28.9. The summed E-state index contributed by atoms with van der Waals surface area (Å²) < 4.78 is 0. The quantitative estimate of drug-likeness (QED) is 0.454. The average molecular weight is 174 g/mol. The number of primary amides is 1. The number of carbonyl (C=O) groups is 2. The smallest absolute Gasteiger partial charge is 0.329 e. The number of nitrogens with zero attached hydrogens (tertiary/aromatic N) is 1. The van der Waals surface area contributed by atoms with Crippen LogP contribution in [0.2, 0.25) is 0 Å². The molecule has 0 unspecified atom stereocenters. The predicted octanol–water partition coefficient (Wildman–Crippen LogP) is -1.42. The highest BCUT2D eigenvalue weighted by Crippen LogP contribution is 2.17. The lowest BCUT2D eigenvalue weighted by Gasteiger charge is -2.19. The van der Waals surface area contributed by atoms with E-state index in [1.165, 1.54) is 0 Å². The SMILES string of the molecule is NC(=O)N1CC[C@H](O)[C@H]1C(=O)O. The molecule has 12 heavy (non-hydrogen) atoms. The van der Waals surface area contributed by atoms with Crippen molar-refractivity contribution in [2.45, 2.75) is 18.6 Å². The minimum absolute atomic E-state index is 0.202. The summed E-state index contributed by atoms with van der Waals surface area (Å²) in [4.78, 5) is 22.1. The van der Waals surface area contributed by atoms with Gasteiger partial charge in [0.15, 0.2) is 6.04 Å². The topological polar surface area (TPSA) is 104 Å². The lowest BCUT2D eigenvalue weighted by atomic mass is 10.2. The highest BCUT2D eigenvalue weighted by molar-refractivity contribution is 5.83. The number of carboxylic acids is 1. The van der Waals surface area contributed by atoms with Crippen LogP contribution in [0.25, 0.3) is 0 Å². The van der Waals surface area contributed by atoms with Crippen LogP contribution in [0.1, 0.15) is 6.42 Å². The van der Waals surface area contributed by atoms with Crippen LogP contribution in [0, 0.1) is 0 Å². The Bertz CT molecular complexity index is 218. The van der Waals surface area contributed by atoms with Crippen molar-refractivity contribution in [1.82, 2.24) is 4.90 Å². The van der Waals surface area contributed by atoms with Gasteiger partial charge < -0.3 is 20.8 Å². The van der Waals surface area contributed by atoms with Crippen molar-refractivity contribution in [3.8, 4) is 0 Å². The van der Waals surface area contributed by atoms with Gasteiger partial charge in [-0.3, -0.25) is 0 Å². The second kappa shape index (κ2) is 2.98. The number of hydrogen-bond acceptors (Lipinski definition) is 3. The van der Waals surface area contributed by atoms with Crippen LogP contribution in [-0.4, -0.2) is 45.8 Å². The summed E-state index contributed by atoms with van der Waals surface area (Å²) in [6, 6.07) is -1.98. The molecule has 0 saturated carbocycles. The van der Waals surface area contributed by atoms with E-state index in [0.29, 0.717) is 0 Å². The molecule has 1 fully saturated rings. The first-order valence-electron chi connectivity index (χ1n) is 3.51. The van der Waals surface area contributed by atoms with Crippen LogP contribution in [0.3, 0.4) is 0 Å². The average Bonchev–Trinajstić information content (AvgIpc) is 2.30. The zero-order chi connectivity index (χ0) is 9.30. The number of aliphatic hydroxyl groups is 1. The number of carbonyl (C=O) groups excluding carboxylic acids is 1. The van der Waals surface area contributed by atoms with E-state index in [2.05, 4.69) is 0 Å². The summed E-state index contributed by atoms with van der Waals surface area (Å²) >= 11 is 0. The van der Waals surface area contributed by atoms with E-state index in [1.807, 2.05) is 0 Å². The Labute approximate surface area is 68.6 Å². The molecule has 0 aromatic heterocycles. The Morgan fingerprint density at radius 1 is 1.50 bits per heavy atom. The molecule has 0 aliphatic carbocycles. The van der Waals surface area contributed by atoms with Crippen LogP contribution in [0.4, 0.5) is 4.79 Å². The van der Waals surface area contributed by atoms with E-state index in [1.54, 1.807) is 0 Å². The molecular weight excluding hydrogens is 164 g/mol. The van der Waals surface area contributed by atoms with Crippen molar-refractivity contribution in [2.75, 3.05) is 6.54 Å². The number of aliphatic carboxylic acids is 1. The number of amides is 2. The van der Waals surface area contributed by atoms with Crippen molar-refractivity contribution in [3.05, 3.63) is 0 Å². The van der Waals surface area contributed by atoms with Crippen LogP contribution >= 0.6 is 0 Å². The van der Waals surface area contributed by atoms with E-state index >= 15 is 0 Å². The zero-order valence-corrected chi connectivity index (χ0v) is 6.30. The largest absolute Gasteiger partial charge is 0.480 e. The minimum atomic E-state index is -1.22. The van der Waals surface area contributed by atoms with Gasteiger partial charge in [-0.2, -0.15) is 0 Å². The van der Waals surface area contributed by atoms with E-state index < -0.39 is 24.1 Å². The highest BCUT2D eigenvalue weighted by Gasteiger charge is 2.40. The van der Waals surface area contributed by atoms with Crippen LogP contribution in [-0.2, 0) is 4.79 Å². The molecule has 0 aromatic rings. The standard InChI is InChI=1S/C6H10N2O4/c7-6(12)8-2-1-3(9)4(8)5(10)11/h3-4,9H,1-2H2,(H2,7,12)(H,10,11)/t3-,4-/m0/s1. The van der Waals surface area contributed by atoms with Gasteiger partial charge in [0.05, 0.1) is 6.10 Å². The van der Waals surface area contributed by atoms with E-state index in [4.69, 9.17) is 15.9 Å². The molecule has 4 N–H and O–H groups in total. The molecule has 2 atom stereocenters. The van der Waals surface area contributed by atoms with Crippen molar-refractivity contribution in [1.29, 1.82) is 0 Å². The molecule has 0 spiro atoms. The van der Waals surface area contributed by atoms with E-state index in [0.717, 1.165) is 4.90 Å². The molecule has 6 nitrogen and oxygen atoms in total. The summed E-state index contributed by atoms with van der Waals surface area (Å²) in [7, 11) is 0. The maximum atomic E-state index is 10.6. The number of nitrogens with two attached hydrogens (primary N) is 1. The van der Waals surface area contributed by atoms with E-state index in [9.17, 15) is 9.59 Å². The first kappa shape index (κ1) is 8.79. The number of likely N-dealkylation sites (tertiary alicyclic amines) is 1. The molecule has 6 heteroatoms. The lowest BCUT2D eigenvalue weighted by molar-refractivity contribution is -0.143. The molecule has 1 aliphatic heterocycles. The summed E-state index contributed by atoms with van der Waals surface area (Å²) in [5.74, 6) is -1.22. The Morgan fingerprint density at radius 2 is 2.08 bits per heavy atom. The third kappa shape index (κ3) is 1.33. The fourth-order valence-electron chi connectivity index (χ4n) is 1.32. The fourth-order valence-corrected chi connectivity index (χ4v) is 1.32. The molecule has 68 valence electrons. The molecule has 1 rings (SSSR count).